The van der Waals surface area contributed by atoms with E-state index in [0.717, 1.165) is 5.69 Å². The van der Waals surface area contributed by atoms with E-state index in [2.05, 4.69) is 10.4 Å². The zero-order chi connectivity index (χ0) is 12.2. The lowest BCUT2D eigenvalue weighted by molar-refractivity contribution is -0.201. The molecule has 0 spiro atoms. The van der Waals surface area contributed by atoms with Crippen LogP contribution in [0.5, 0.6) is 0 Å². The quantitative estimate of drug-likeness (QED) is 0.800. The minimum Gasteiger partial charge on any atom is -0.382 e. The zero-order valence-electron chi connectivity index (χ0n) is 8.83. The largest absolute Gasteiger partial charge is 0.415 e. The Hall–Kier alpha value is -1.08. The van der Waals surface area contributed by atoms with Gasteiger partial charge in [0.2, 0.25) is 0 Å². The summed E-state index contributed by atoms with van der Waals surface area (Å²) < 4.78 is 37.5. The standard InChI is InChI=1S/C9H14F3N3O/c1-2-15-7(3-4-14-15)5-13-6-8(16)9(10,11)12/h3-4,8,13,16H,2,5-6H2,1H3. The van der Waals surface area contributed by atoms with E-state index in [1.807, 2.05) is 6.92 Å². The fourth-order valence-corrected chi connectivity index (χ4v) is 1.25. The number of hydrogen-bond donors (Lipinski definition) is 2. The van der Waals surface area contributed by atoms with Crippen LogP contribution in [0.1, 0.15) is 12.6 Å². The number of nitrogens with one attached hydrogen (secondary N) is 1. The van der Waals surface area contributed by atoms with Crippen LogP contribution in [0.25, 0.3) is 0 Å². The lowest BCUT2D eigenvalue weighted by Gasteiger charge is -2.15. The highest BCUT2D eigenvalue weighted by molar-refractivity contribution is 4.99. The minimum absolute atomic E-state index is 0.251. The summed E-state index contributed by atoms with van der Waals surface area (Å²) in [5.41, 5.74) is 0.789. The molecule has 2 N–H and O–H groups in total. The van der Waals surface area contributed by atoms with E-state index in [1.54, 1.807) is 16.9 Å². The number of aliphatic hydroxyl groups is 1. The average Bonchev–Trinajstić information content (AvgIpc) is 2.63. The fourth-order valence-electron chi connectivity index (χ4n) is 1.25. The van der Waals surface area contributed by atoms with E-state index >= 15 is 0 Å². The lowest BCUT2D eigenvalue weighted by atomic mass is 10.3. The molecule has 1 rings (SSSR count). The summed E-state index contributed by atoms with van der Waals surface area (Å²) in [4.78, 5) is 0. The number of aliphatic hydroxyl groups excluding tert-OH is 1. The first-order chi connectivity index (χ1) is 7.45. The molecule has 7 heteroatoms. The first-order valence-electron chi connectivity index (χ1n) is 4.91. The number of rotatable bonds is 5. The van der Waals surface area contributed by atoms with E-state index in [4.69, 9.17) is 5.11 Å². The molecule has 0 aliphatic heterocycles. The molecule has 0 fully saturated rings. The van der Waals surface area contributed by atoms with Crippen molar-refractivity contribution >= 4 is 0 Å². The fraction of sp³-hybridized carbons (Fsp3) is 0.667. The summed E-state index contributed by atoms with van der Waals surface area (Å²) in [6, 6.07) is 1.72. The van der Waals surface area contributed by atoms with Gasteiger partial charge in [-0.2, -0.15) is 18.3 Å². The van der Waals surface area contributed by atoms with Gasteiger partial charge in [-0.3, -0.25) is 4.68 Å². The molecule has 1 aromatic rings. The molecule has 1 aromatic heterocycles. The van der Waals surface area contributed by atoms with Crippen molar-refractivity contribution in [1.82, 2.24) is 15.1 Å². The van der Waals surface area contributed by atoms with Gasteiger partial charge in [0.1, 0.15) is 0 Å². The van der Waals surface area contributed by atoms with Gasteiger partial charge in [0.25, 0.3) is 0 Å². The van der Waals surface area contributed by atoms with Gasteiger partial charge in [-0.1, -0.05) is 0 Å². The molecule has 0 radical (unpaired) electrons. The zero-order valence-corrected chi connectivity index (χ0v) is 8.83. The first-order valence-corrected chi connectivity index (χ1v) is 4.91. The van der Waals surface area contributed by atoms with Gasteiger partial charge in [0.05, 0.1) is 5.69 Å². The predicted octanol–water partition coefficient (Wildman–Crippen LogP) is 0.916. The Balaban J connectivity index is 2.36. The number of halogens is 3. The SMILES string of the molecule is CCn1nccc1CNCC(O)C(F)(F)F. The predicted molar refractivity (Wildman–Crippen MR) is 51.7 cm³/mol. The molecule has 0 aliphatic rings. The van der Waals surface area contributed by atoms with Crippen molar-refractivity contribution in [3.63, 3.8) is 0 Å². The Morgan fingerprint density at radius 3 is 2.81 bits per heavy atom. The highest BCUT2D eigenvalue weighted by atomic mass is 19.4. The van der Waals surface area contributed by atoms with Crippen LogP contribution in [0.2, 0.25) is 0 Å². The smallest absolute Gasteiger partial charge is 0.382 e. The van der Waals surface area contributed by atoms with Crippen LogP contribution in [-0.2, 0) is 13.1 Å². The van der Waals surface area contributed by atoms with Crippen molar-refractivity contribution in [2.24, 2.45) is 0 Å². The van der Waals surface area contributed by atoms with Crippen LogP contribution in [-0.4, -0.2) is 33.7 Å². The summed E-state index contributed by atoms with van der Waals surface area (Å²) in [5, 5.41) is 15.2. The maximum absolute atomic E-state index is 12.0. The van der Waals surface area contributed by atoms with Crippen LogP contribution in [0, 0.1) is 0 Å². The monoisotopic (exact) mass is 237 g/mol. The molecule has 4 nitrogen and oxygen atoms in total. The molecule has 16 heavy (non-hydrogen) atoms. The molecule has 0 aromatic carbocycles. The summed E-state index contributed by atoms with van der Waals surface area (Å²) in [6.07, 6.45) is -5.32. The second-order valence-corrected chi connectivity index (χ2v) is 3.33. The highest BCUT2D eigenvalue weighted by Crippen LogP contribution is 2.19. The molecule has 0 saturated heterocycles. The third-order valence-electron chi connectivity index (χ3n) is 2.13. The molecule has 92 valence electrons. The van der Waals surface area contributed by atoms with Crippen molar-refractivity contribution in [3.8, 4) is 0 Å². The summed E-state index contributed by atoms with van der Waals surface area (Å²) in [5.74, 6) is 0. The molecular weight excluding hydrogens is 223 g/mol. The van der Waals surface area contributed by atoms with E-state index in [1.165, 1.54) is 0 Å². The van der Waals surface area contributed by atoms with Crippen LogP contribution in [0.4, 0.5) is 13.2 Å². The maximum atomic E-state index is 12.0. The summed E-state index contributed by atoms with van der Waals surface area (Å²) in [6.45, 7) is 2.28. The van der Waals surface area contributed by atoms with Crippen molar-refractivity contribution in [1.29, 1.82) is 0 Å². The molecule has 0 bridgehead atoms. The molecular formula is C9H14F3N3O. The molecule has 0 amide bonds. The Morgan fingerprint density at radius 2 is 2.25 bits per heavy atom. The first kappa shape index (κ1) is 13.0. The van der Waals surface area contributed by atoms with Gasteiger partial charge in [-0.05, 0) is 13.0 Å². The van der Waals surface area contributed by atoms with E-state index in [-0.39, 0.29) is 6.54 Å². The minimum atomic E-state index is -4.57. The number of hydrogen-bond acceptors (Lipinski definition) is 3. The van der Waals surface area contributed by atoms with Crippen LogP contribution in [0.15, 0.2) is 12.3 Å². The Morgan fingerprint density at radius 1 is 1.56 bits per heavy atom. The van der Waals surface area contributed by atoms with Gasteiger partial charge in [0.15, 0.2) is 6.10 Å². The van der Waals surface area contributed by atoms with Gasteiger partial charge in [0, 0.05) is 25.8 Å². The van der Waals surface area contributed by atoms with Crippen molar-refractivity contribution in [2.45, 2.75) is 32.3 Å². The summed E-state index contributed by atoms with van der Waals surface area (Å²) >= 11 is 0. The Kier molecular flexibility index (Phi) is 4.31. The van der Waals surface area contributed by atoms with Crippen molar-refractivity contribution in [3.05, 3.63) is 18.0 Å². The van der Waals surface area contributed by atoms with Gasteiger partial charge >= 0.3 is 6.18 Å². The Labute approximate surface area is 91.1 Å². The van der Waals surface area contributed by atoms with Crippen LogP contribution >= 0.6 is 0 Å². The number of alkyl halides is 3. The van der Waals surface area contributed by atoms with E-state index < -0.39 is 18.8 Å². The van der Waals surface area contributed by atoms with E-state index in [9.17, 15) is 13.2 Å². The van der Waals surface area contributed by atoms with E-state index in [0.29, 0.717) is 6.54 Å². The topological polar surface area (TPSA) is 50.1 Å². The van der Waals surface area contributed by atoms with Gasteiger partial charge in [-0.15, -0.1) is 0 Å². The molecule has 0 aliphatic carbocycles. The molecule has 0 saturated carbocycles. The van der Waals surface area contributed by atoms with Crippen LogP contribution in [0.3, 0.4) is 0 Å². The summed E-state index contributed by atoms with van der Waals surface area (Å²) in [7, 11) is 0. The molecule has 1 heterocycles. The second-order valence-electron chi connectivity index (χ2n) is 3.33. The van der Waals surface area contributed by atoms with Gasteiger partial charge < -0.3 is 10.4 Å². The lowest BCUT2D eigenvalue weighted by Crippen LogP contribution is -2.38. The maximum Gasteiger partial charge on any atom is 0.415 e. The molecule has 1 atom stereocenters. The number of aromatic nitrogens is 2. The third kappa shape index (κ3) is 3.49. The molecule has 1 unspecified atom stereocenters. The van der Waals surface area contributed by atoms with Crippen molar-refractivity contribution in [2.75, 3.05) is 6.54 Å². The van der Waals surface area contributed by atoms with Crippen LogP contribution < -0.4 is 5.32 Å². The number of nitrogens with zero attached hydrogens (tertiary/aromatic N) is 2. The van der Waals surface area contributed by atoms with Crippen molar-refractivity contribution < 1.29 is 18.3 Å². The Bertz CT molecular complexity index is 324. The average molecular weight is 237 g/mol. The number of aryl methyl sites for hydroxylation is 1. The van der Waals surface area contributed by atoms with Gasteiger partial charge in [-0.25, -0.2) is 0 Å². The normalized spacial score (nSPS) is 14.1. The third-order valence-corrected chi connectivity index (χ3v) is 2.13. The second kappa shape index (κ2) is 5.31. The highest BCUT2D eigenvalue weighted by Gasteiger charge is 2.37.